The summed E-state index contributed by atoms with van der Waals surface area (Å²) in [6.45, 7) is 0.510. The van der Waals surface area contributed by atoms with Gasteiger partial charge in [0, 0.05) is 35.7 Å². The molecule has 3 aromatic rings. The predicted octanol–water partition coefficient (Wildman–Crippen LogP) is 1.43. The first-order valence-corrected chi connectivity index (χ1v) is 8.65. The summed E-state index contributed by atoms with van der Waals surface area (Å²) in [6, 6.07) is 9.61. The number of rotatable bonds is 6. The van der Waals surface area contributed by atoms with Crippen LogP contribution in [0, 0.1) is 0 Å². The van der Waals surface area contributed by atoms with E-state index < -0.39 is 0 Å². The third-order valence-electron chi connectivity index (χ3n) is 4.68. The predicted molar refractivity (Wildman–Crippen MR) is 96.9 cm³/mol. The molecular formula is C18H20N6O2. The number of hydrogen-bond acceptors (Lipinski definition) is 6. The molecule has 1 fully saturated rings. The molecule has 2 heterocycles. The minimum absolute atomic E-state index is 0.0543. The van der Waals surface area contributed by atoms with Crippen LogP contribution >= 0.6 is 0 Å². The fourth-order valence-electron chi connectivity index (χ4n) is 3.24. The molecule has 1 amide bonds. The second-order valence-corrected chi connectivity index (χ2v) is 6.44. The van der Waals surface area contributed by atoms with Crippen LogP contribution in [0.1, 0.15) is 34.9 Å². The maximum Gasteiger partial charge on any atom is 0.272 e. The topological polar surface area (TPSA) is 116 Å². The van der Waals surface area contributed by atoms with Crippen molar-refractivity contribution in [3.63, 3.8) is 0 Å². The molecule has 8 nitrogen and oxygen atoms in total. The number of carbonyl (C=O) groups is 1. The number of fused-ring (bicyclic) bond motifs is 1. The summed E-state index contributed by atoms with van der Waals surface area (Å²) in [4.78, 5) is 20.9. The van der Waals surface area contributed by atoms with Crippen LogP contribution in [0.3, 0.4) is 0 Å². The minimum atomic E-state index is -0.154. The van der Waals surface area contributed by atoms with Crippen LogP contribution in [0.15, 0.2) is 36.7 Å². The molecule has 0 spiro atoms. The van der Waals surface area contributed by atoms with Gasteiger partial charge in [-0.15, -0.1) is 0 Å². The van der Waals surface area contributed by atoms with Gasteiger partial charge in [0.1, 0.15) is 12.1 Å². The molecule has 1 aliphatic rings. The van der Waals surface area contributed by atoms with Crippen molar-refractivity contribution < 1.29 is 9.90 Å². The van der Waals surface area contributed by atoms with Gasteiger partial charge in [-0.25, -0.2) is 9.97 Å². The lowest BCUT2D eigenvalue weighted by Gasteiger charge is -2.35. The van der Waals surface area contributed by atoms with E-state index in [9.17, 15) is 4.79 Å². The lowest BCUT2D eigenvalue weighted by atomic mass is 9.78. The van der Waals surface area contributed by atoms with Crippen molar-refractivity contribution >= 4 is 22.6 Å². The van der Waals surface area contributed by atoms with E-state index in [2.05, 4.69) is 30.8 Å². The molecule has 8 heteroatoms. The van der Waals surface area contributed by atoms with Crippen molar-refractivity contribution in [2.45, 2.75) is 24.8 Å². The van der Waals surface area contributed by atoms with Gasteiger partial charge in [-0.3, -0.25) is 9.89 Å². The Bertz CT molecular complexity index is 919. The molecular weight excluding hydrogens is 332 g/mol. The fourth-order valence-corrected chi connectivity index (χ4v) is 3.24. The molecule has 4 N–H and O–H groups in total. The molecule has 0 bridgehead atoms. The first kappa shape index (κ1) is 16.5. The Kier molecular flexibility index (Phi) is 4.49. The maximum absolute atomic E-state index is 12.5. The number of hydrogen-bond donors (Lipinski definition) is 4. The first-order valence-electron chi connectivity index (χ1n) is 8.65. The van der Waals surface area contributed by atoms with Gasteiger partial charge in [0.2, 0.25) is 0 Å². The van der Waals surface area contributed by atoms with E-state index in [1.165, 1.54) is 6.33 Å². The van der Waals surface area contributed by atoms with Crippen LogP contribution in [-0.4, -0.2) is 50.4 Å². The highest BCUT2D eigenvalue weighted by atomic mass is 16.3. The monoisotopic (exact) mass is 352 g/mol. The molecule has 134 valence electrons. The van der Waals surface area contributed by atoms with Crippen molar-refractivity contribution in [1.82, 2.24) is 25.5 Å². The number of para-hydroxylation sites is 1. The van der Waals surface area contributed by atoms with E-state index in [4.69, 9.17) is 5.11 Å². The van der Waals surface area contributed by atoms with Crippen LogP contribution in [0.2, 0.25) is 0 Å². The molecule has 0 aliphatic heterocycles. The number of aromatic amines is 1. The lowest BCUT2D eigenvalue weighted by Crippen LogP contribution is -2.43. The summed E-state index contributed by atoms with van der Waals surface area (Å²) < 4.78 is 0. The minimum Gasteiger partial charge on any atom is -0.395 e. The molecule has 2 aromatic heterocycles. The Morgan fingerprint density at radius 1 is 1.27 bits per heavy atom. The van der Waals surface area contributed by atoms with Crippen molar-refractivity contribution in [1.29, 1.82) is 0 Å². The van der Waals surface area contributed by atoms with Crippen molar-refractivity contribution in [2.75, 3.05) is 18.5 Å². The molecule has 26 heavy (non-hydrogen) atoms. The first-order chi connectivity index (χ1) is 12.7. The van der Waals surface area contributed by atoms with E-state index in [-0.39, 0.29) is 18.6 Å². The van der Waals surface area contributed by atoms with E-state index in [1.54, 1.807) is 0 Å². The Hall–Kier alpha value is -3.00. The fraction of sp³-hybridized carbons (Fsp3) is 0.333. The molecule has 0 unspecified atom stereocenters. The van der Waals surface area contributed by atoms with Crippen LogP contribution in [-0.2, 0) is 0 Å². The van der Waals surface area contributed by atoms with Crippen LogP contribution in [0.5, 0.6) is 0 Å². The van der Waals surface area contributed by atoms with Gasteiger partial charge in [-0.05, 0) is 18.9 Å². The molecule has 1 aromatic carbocycles. The van der Waals surface area contributed by atoms with Crippen LogP contribution < -0.4 is 10.6 Å². The van der Waals surface area contributed by atoms with E-state index in [0.717, 1.165) is 29.4 Å². The highest BCUT2D eigenvalue weighted by Gasteiger charge is 2.33. The third-order valence-corrected chi connectivity index (χ3v) is 4.68. The van der Waals surface area contributed by atoms with Crippen molar-refractivity contribution in [3.8, 4) is 0 Å². The van der Waals surface area contributed by atoms with Gasteiger partial charge in [-0.2, -0.15) is 5.10 Å². The quantitative estimate of drug-likeness (QED) is 0.533. The van der Waals surface area contributed by atoms with E-state index >= 15 is 0 Å². The van der Waals surface area contributed by atoms with Crippen molar-refractivity contribution in [3.05, 3.63) is 48.0 Å². The van der Waals surface area contributed by atoms with Gasteiger partial charge < -0.3 is 15.7 Å². The number of amides is 1. The standard InChI is InChI=1S/C18H20N6O2/c25-6-5-19-16-9-15(20-10-21-16)11-7-12(8-11)22-18(26)17-13-3-1-2-4-14(13)23-24-17/h1-4,9-12,25H,5-8H2,(H,22,26)(H,23,24)(H,19,20,21). The Labute approximate surface area is 150 Å². The van der Waals surface area contributed by atoms with Gasteiger partial charge in [0.15, 0.2) is 5.69 Å². The zero-order chi connectivity index (χ0) is 17.9. The number of aliphatic hydroxyl groups is 1. The number of aliphatic hydroxyl groups excluding tert-OH is 1. The number of benzene rings is 1. The average molecular weight is 352 g/mol. The smallest absolute Gasteiger partial charge is 0.272 e. The highest BCUT2D eigenvalue weighted by molar-refractivity contribution is 6.04. The number of H-pyrrole nitrogens is 1. The Morgan fingerprint density at radius 2 is 2.12 bits per heavy atom. The second-order valence-electron chi connectivity index (χ2n) is 6.44. The summed E-state index contributed by atoms with van der Waals surface area (Å²) in [7, 11) is 0. The van der Waals surface area contributed by atoms with Gasteiger partial charge >= 0.3 is 0 Å². The number of nitrogens with zero attached hydrogens (tertiary/aromatic N) is 3. The zero-order valence-electron chi connectivity index (χ0n) is 14.1. The molecule has 0 radical (unpaired) electrons. The third kappa shape index (κ3) is 3.23. The lowest BCUT2D eigenvalue weighted by molar-refractivity contribution is 0.0904. The SMILES string of the molecule is O=C(NC1CC(c2cc(NCCO)ncn2)C1)c1n[nH]c2ccccc12. The van der Waals surface area contributed by atoms with E-state index in [0.29, 0.717) is 24.0 Å². The summed E-state index contributed by atoms with van der Waals surface area (Å²) >= 11 is 0. The molecule has 0 atom stereocenters. The second kappa shape index (κ2) is 7.09. The normalized spacial score (nSPS) is 19.1. The molecule has 1 saturated carbocycles. The summed E-state index contributed by atoms with van der Waals surface area (Å²) in [6.07, 6.45) is 3.20. The summed E-state index contributed by atoms with van der Waals surface area (Å²) in [5.41, 5.74) is 2.24. The molecule has 0 saturated heterocycles. The number of nitrogens with one attached hydrogen (secondary N) is 3. The zero-order valence-corrected chi connectivity index (χ0v) is 14.1. The van der Waals surface area contributed by atoms with Gasteiger partial charge in [0.25, 0.3) is 5.91 Å². The van der Waals surface area contributed by atoms with Crippen molar-refractivity contribution in [2.24, 2.45) is 0 Å². The summed E-state index contributed by atoms with van der Waals surface area (Å²) in [5.74, 6) is 0.854. The number of anilines is 1. The maximum atomic E-state index is 12.5. The van der Waals surface area contributed by atoms with Crippen LogP contribution in [0.4, 0.5) is 5.82 Å². The Balaban J connectivity index is 1.36. The highest BCUT2D eigenvalue weighted by Crippen LogP contribution is 2.36. The number of aromatic nitrogens is 4. The van der Waals surface area contributed by atoms with E-state index in [1.807, 2.05) is 30.3 Å². The van der Waals surface area contributed by atoms with Gasteiger partial charge in [0.05, 0.1) is 12.1 Å². The molecule has 4 rings (SSSR count). The average Bonchev–Trinajstić information content (AvgIpc) is 3.07. The molecule has 1 aliphatic carbocycles. The van der Waals surface area contributed by atoms with Gasteiger partial charge in [-0.1, -0.05) is 18.2 Å². The summed E-state index contributed by atoms with van der Waals surface area (Å²) in [5, 5.41) is 22.8. The van der Waals surface area contributed by atoms with Crippen LogP contribution in [0.25, 0.3) is 10.9 Å². The number of carbonyl (C=O) groups excluding carboxylic acids is 1. The Morgan fingerprint density at radius 3 is 2.96 bits per heavy atom. The largest absolute Gasteiger partial charge is 0.395 e.